The third-order valence-corrected chi connectivity index (χ3v) is 6.65. The smallest absolute Gasteiger partial charge is 0.260 e. The highest BCUT2D eigenvalue weighted by Gasteiger charge is 2.47. The summed E-state index contributed by atoms with van der Waals surface area (Å²) in [6.45, 7) is 0.368. The fourth-order valence-corrected chi connectivity index (χ4v) is 5.01. The third kappa shape index (κ3) is 3.54. The minimum Gasteiger partial charge on any atom is -0.354 e. The molecule has 0 aliphatic carbocycles. The van der Waals surface area contributed by atoms with Crippen molar-refractivity contribution in [3.8, 4) is 0 Å². The molecule has 2 aliphatic rings. The lowest BCUT2D eigenvalue weighted by Crippen LogP contribution is -2.51. The second-order valence-corrected chi connectivity index (χ2v) is 8.77. The quantitative estimate of drug-likeness (QED) is 0.466. The van der Waals surface area contributed by atoms with Crippen LogP contribution in [0.4, 0.5) is 5.69 Å². The van der Waals surface area contributed by atoms with E-state index in [1.165, 1.54) is 4.90 Å². The van der Waals surface area contributed by atoms with Crippen molar-refractivity contribution < 1.29 is 14.4 Å². The van der Waals surface area contributed by atoms with Crippen molar-refractivity contribution in [1.82, 2.24) is 10.2 Å². The molecule has 3 aromatic carbocycles. The summed E-state index contributed by atoms with van der Waals surface area (Å²) in [5, 5.41) is 2.90. The molecule has 1 unspecified atom stereocenters. The first-order chi connectivity index (χ1) is 15.6. The molecule has 32 heavy (non-hydrogen) atoms. The molecule has 160 valence electrons. The minimum atomic E-state index is -0.620. The number of para-hydroxylation sites is 1. The van der Waals surface area contributed by atoms with E-state index in [9.17, 15) is 14.4 Å². The number of fused-ring (bicyclic) bond motifs is 5. The summed E-state index contributed by atoms with van der Waals surface area (Å²) in [6.07, 6.45) is -0.620. The first-order valence-corrected chi connectivity index (χ1v) is 11.4. The zero-order valence-corrected chi connectivity index (χ0v) is 18.0. The molecule has 0 fully saturated rings. The van der Waals surface area contributed by atoms with Gasteiger partial charge in [-0.15, -0.1) is 11.8 Å². The van der Waals surface area contributed by atoms with Gasteiger partial charge < -0.3 is 10.2 Å². The third-order valence-electron chi connectivity index (χ3n) is 5.63. The largest absolute Gasteiger partial charge is 0.354 e. The summed E-state index contributed by atoms with van der Waals surface area (Å²) in [6, 6.07) is 24.3. The van der Waals surface area contributed by atoms with Gasteiger partial charge in [0.25, 0.3) is 11.8 Å². The molecular formula is C25H21N3O3S. The second-order valence-electron chi connectivity index (χ2n) is 7.60. The van der Waals surface area contributed by atoms with E-state index in [1.807, 2.05) is 54.6 Å². The highest BCUT2D eigenvalue weighted by Crippen LogP contribution is 2.44. The molecule has 0 radical (unpaired) electrons. The Hall–Kier alpha value is -3.58. The van der Waals surface area contributed by atoms with E-state index in [4.69, 9.17) is 0 Å². The SMILES string of the molecule is O=C(CN1C(=O)c2ccccc2N2C(=O)c3ccccc3C12)NCCSc1ccccc1. The first-order valence-electron chi connectivity index (χ1n) is 10.4. The van der Waals surface area contributed by atoms with Crippen LogP contribution in [0.2, 0.25) is 0 Å². The van der Waals surface area contributed by atoms with Crippen LogP contribution in [0.25, 0.3) is 0 Å². The van der Waals surface area contributed by atoms with Gasteiger partial charge in [0.15, 0.2) is 0 Å². The summed E-state index contributed by atoms with van der Waals surface area (Å²) in [5.41, 5.74) is 2.32. The van der Waals surface area contributed by atoms with Gasteiger partial charge in [-0.2, -0.15) is 0 Å². The standard InChI is InChI=1S/C25H21N3O3S/c29-22(26-14-15-32-17-8-2-1-3-9-17)16-27-23-18-10-4-5-11-19(18)25(31)28(23)21-13-7-6-12-20(21)24(27)30/h1-13,23H,14-16H2,(H,26,29). The monoisotopic (exact) mass is 443 g/mol. The van der Waals surface area contributed by atoms with Crippen LogP contribution in [0.3, 0.4) is 0 Å². The van der Waals surface area contributed by atoms with Gasteiger partial charge in [-0.25, -0.2) is 0 Å². The molecule has 7 heteroatoms. The number of rotatable bonds is 6. The van der Waals surface area contributed by atoms with E-state index < -0.39 is 6.17 Å². The van der Waals surface area contributed by atoms with Gasteiger partial charge >= 0.3 is 0 Å². The van der Waals surface area contributed by atoms with Crippen molar-refractivity contribution in [2.45, 2.75) is 11.1 Å². The first kappa shape index (κ1) is 20.3. The molecule has 2 aliphatic heterocycles. The van der Waals surface area contributed by atoms with Crippen LogP contribution >= 0.6 is 11.8 Å². The fraction of sp³-hybridized carbons (Fsp3) is 0.160. The highest BCUT2D eigenvalue weighted by atomic mass is 32.2. The molecule has 1 N–H and O–H groups in total. The summed E-state index contributed by atoms with van der Waals surface area (Å²) in [7, 11) is 0. The molecule has 3 aromatic rings. The Morgan fingerprint density at radius 3 is 2.34 bits per heavy atom. The number of hydrogen-bond acceptors (Lipinski definition) is 4. The maximum atomic E-state index is 13.3. The minimum absolute atomic E-state index is 0.119. The molecule has 5 rings (SSSR count). The number of nitrogens with zero attached hydrogens (tertiary/aromatic N) is 2. The van der Waals surface area contributed by atoms with Crippen LogP contribution in [-0.2, 0) is 4.79 Å². The number of nitrogens with one attached hydrogen (secondary N) is 1. The van der Waals surface area contributed by atoms with Gasteiger partial charge in [-0.1, -0.05) is 48.5 Å². The number of anilines is 1. The molecule has 0 saturated heterocycles. The number of hydrogen-bond donors (Lipinski definition) is 1. The Morgan fingerprint density at radius 1 is 0.844 bits per heavy atom. The number of benzene rings is 3. The highest BCUT2D eigenvalue weighted by molar-refractivity contribution is 7.99. The topological polar surface area (TPSA) is 69.7 Å². The van der Waals surface area contributed by atoms with Gasteiger partial charge in [0, 0.05) is 28.3 Å². The summed E-state index contributed by atoms with van der Waals surface area (Å²) in [4.78, 5) is 43.5. The lowest BCUT2D eigenvalue weighted by atomic mass is 10.0. The van der Waals surface area contributed by atoms with E-state index in [2.05, 4.69) is 5.32 Å². The average Bonchev–Trinajstić information content (AvgIpc) is 3.13. The van der Waals surface area contributed by atoms with Crippen molar-refractivity contribution in [3.05, 3.63) is 95.6 Å². The Morgan fingerprint density at radius 2 is 1.53 bits per heavy atom. The van der Waals surface area contributed by atoms with Gasteiger partial charge in [0.1, 0.15) is 12.7 Å². The zero-order valence-electron chi connectivity index (χ0n) is 17.2. The van der Waals surface area contributed by atoms with Gasteiger partial charge in [0.2, 0.25) is 5.91 Å². The second kappa shape index (κ2) is 8.51. The maximum absolute atomic E-state index is 13.3. The normalized spacial score (nSPS) is 16.4. The van der Waals surface area contributed by atoms with Crippen LogP contribution in [0.5, 0.6) is 0 Å². The lowest BCUT2D eigenvalue weighted by Gasteiger charge is -2.40. The Balaban J connectivity index is 1.34. The van der Waals surface area contributed by atoms with E-state index in [-0.39, 0.29) is 24.3 Å². The van der Waals surface area contributed by atoms with Gasteiger partial charge in [-0.3, -0.25) is 19.3 Å². The van der Waals surface area contributed by atoms with Gasteiger partial charge in [0.05, 0.1) is 11.3 Å². The zero-order chi connectivity index (χ0) is 22.1. The molecule has 0 spiro atoms. The molecule has 0 aromatic heterocycles. The van der Waals surface area contributed by atoms with E-state index >= 15 is 0 Å². The molecule has 1 atom stereocenters. The lowest BCUT2D eigenvalue weighted by molar-refractivity contribution is -0.122. The summed E-state index contributed by atoms with van der Waals surface area (Å²) < 4.78 is 0. The Labute approximate surface area is 190 Å². The molecular weight excluding hydrogens is 422 g/mol. The number of amides is 3. The molecule has 2 heterocycles. The predicted octanol–water partition coefficient (Wildman–Crippen LogP) is 3.71. The molecule has 0 bridgehead atoms. The maximum Gasteiger partial charge on any atom is 0.260 e. The molecule has 6 nitrogen and oxygen atoms in total. The van der Waals surface area contributed by atoms with Crippen LogP contribution in [0.15, 0.2) is 83.8 Å². The summed E-state index contributed by atoms with van der Waals surface area (Å²) >= 11 is 1.66. The Kier molecular flexibility index (Phi) is 5.41. The van der Waals surface area contributed by atoms with E-state index in [0.29, 0.717) is 23.4 Å². The van der Waals surface area contributed by atoms with Gasteiger partial charge in [-0.05, 0) is 30.3 Å². The van der Waals surface area contributed by atoms with Crippen molar-refractivity contribution in [2.75, 3.05) is 23.7 Å². The average molecular weight is 444 g/mol. The van der Waals surface area contributed by atoms with Crippen LogP contribution < -0.4 is 10.2 Å². The Bertz CT molecular complexity index is 1200. The van der Waals surface area contributed by atoms with Crippen LogP contribution in [-0.4, -0.2) is 41.5 Å². The predicted molar refractivity (Wildman–Crippen MR) is 124 cm³/mol. The van der Waals surface area contributed by atoms with Crippen molar-refractivity contribution >= 4 is 35.2 Å². The van der Waals surface area contributed by atoms with Crippen molar-refractivity contribution in [2.24, 2.45) is 0 Å². The number of carbonyl (C=O) groups is 3. The van der Waals surface area contributed by atoms with E-state index in [0.717, 1.165) is 16.2 Å². The number of carbonyl (C=O) groups excluding carboxylic acids is 3. The van der Waals surface area contributed by atoms with Crippen molar-refractivity contribution in [1.29, 1.82) is 0 Å². The fourth-order valence-electron chi connectivity index (χ4n) is 4.22. The van der Waals surface area contributed by atoms with Crippen LogP contribution in [0.1, 0.15) is 32.4 Å². The molecule has 0 saturated carbocycles. The van der Waals surface area contributed by atoms with Crippen LogP contribution in [0, 0.1) is 0 Å². The summed E-state index contributed by atoms with van der Waals surface area (Å²) in [5.74, 6) is 0.0715. The number of thioether (sulfide) groups is 1. The van der Waals surface area contributed by atoms with E-state index in [1.54, 1.807) is 40.9 Å². The van der Waals surface area contributed by atoms with Crippen molar-refractivity contribution in [3.63, 3.8) is 0 Å². The molecule has 3 amide bonds.